The standard InChI is InChI=1S/C13H18OS/c1-11(2)8-9-12(14)10-15-13-6-4-3-5-7-13/h3-7,11H,8-10H2,1-2H3. The van der Waals surface area contributed by atoms with Gasteiger partial charge in [-0.1, -0.05) is 32.0 Å². The maximum Gasteiger partial charge on any atom is 0.143 e. The van der Waals surface area contributed by atoms with Crippen molar-refractivity contribution < 1.29 is 4.79 Å². The summed E-state index contributed by atoms with van der Waals surface area (Å²) in [6, 6.07) is 10.1. The molecule has 0 heterocycles. The molecule has 0 amide bonds. The average Bonchev–Trinajstić information content (AvgIpc) is 2.25. The van der Waals surface area contributed by atoms with Gasteiger partial charge in [-0.05, 0) is 24.5 Å². The topological polar surface area (TPSA) is 17.1 Å². The first-order valence-corrected chi connectivity index (χ1v) is 6.36. The zero-order chi connectivity index (χ0) is 11.1. The van der Waals surface area contributed by atoms with E-state index in [1.54, 1.807) is 11.8 Å². The molecule has 2 heteroatoms. The second-order valence-electron chi connectivity index (χ2n) is 4.07. The van der Waals surface area contributed by atoms with Crippen molar-refractivity contribution in [3.63, 3.8) is 0 Å². The largest absolute Gasteiger partial charge is 0.299 e. The molecule has 0 radical (unpaired) electrons. The fraction of sp³-hybridized carbons (Fsp3) is 0.462. The van der Waals surface area contributed by atoms with Crippen LogP contribution in [0.5, 0.6) is 0 Å². The third kappa shape index (κ3) is 5.63. The van der Waals surface area contributed by atoms with Crippen LogP contribution >= 0.6 is 11.8 Å². The number of carbonyl (C=O) groups excluding carboxylic acids is 1. The second kappa shape index (κ2) is 6.67. The van der Waals surface area contributed by atoms with E-state index in [1.165, 1.54) is 4.90 Å². The lowest BCUT2D eigenvalue weighted by atomic mass is 10.1. The van der Waals surface area contributed by atoms with Gasteiger partial charge in [0.15, 0.2) is 0 Å². The van der Waals surface area contributed by atoms with Crippen molar-refractivity contribution in [2.75, 3.05) is 5.75 Å². The number of Topliss-reactive ketones (excluding diaryl/α,β-unsaturated/α-hetero) is 1. The molecular formula is C13H18OS. The molecule has 0 fully saturated rings. The molecule has 0 atom stereocenters. The van der Waals surface area contributed by atoms with Gasteiger partial charge in [-0.15, -0.1) is 11.8 Å². The fourth-order valence-electron chi connectivity index (χ4n) is 1.20. The molecule has 0 unspecified atom stereocenters. The number of carbonyl (C=O) groups is 1. The van der Waals surface area contributed by atoms with Gasteiger partial charge in [0.25, 0.3) is 0 Å². The van der Waals surface area contributed by atoms with Crippen LogP contribution in [-0.4, -0.2) is 11.5 Å². The Labute approximate surface area is 96.3 Å². The van der Waals surface area contributed by atoms with Gasteiger partial charge in [0.2, 0.25) is 0 Å². The van der Waals surface area contributed by atoms with E-state index in [1.807, 2.05) is 30.3 Å². The average molecular weight is 222 g/mol. The minimum Gasteiger partial charge on any atom is -0.299 e. The highest BCUT2D eigenvalue weighted by Gasteiger charge is 2.04. The SMILES string of the molecule is CC(C)CCC(=O)CSc1ccccc1. The predicted molar refractivity (Wildman–Crippen MR) is 66.2 cm³/mol. The van der Waals surface area contributed by atoms with E-state index in [0.29, 0.717) is 17.5 Å². The molecule has 1 aromatic carbocycles. The van der Waals surface area contributed by atoms with Crippen LogP contribution in [-0.2, 0) is 4.79 Å². The number of hydrogen-bond donors (Lipinski definition) is 0. The second-order valence-corrected chi connectivity index (χ2v) is 5.12. The van der Waals surface area contributed by atoms with E-state index in [0.717, 1.165) is 12.8 Å². The Bertz CT molecular complexity index is 293. The van der Waals surface area contributed by atoms with Crippen molar-refractivity contribution in [3.05, 3.63) is 30.3 Å². The molecule has 0 aliphatic carbocycles. The van der Waals surface area contributed by atoms with E-state index in [9.17, 15) is 4.79 Å². The van der Waals surface area contributed by atoms with Crippen molar-refractivity contribution in [2.24, 2.45) is 5.92 Å². The fourth-order valence-corrected chi connectivity index (χ4v) is 2.02. The van der Waals surface area contributed by atoms with Crippen LogP contribution in [0.4, 0.5) is 0 Å². The number of ketones is 1. The molecule has 0 aliphatic heterocycles. The van der Waals surface area contributed by atoms with Crippen LogP contribution < -0.4 is 0 Å². The summed E-state index contributed by atoms with van der Waals surface area (Å²) >= 11 is 1.63. The van der Waals surface area contributed by atoms with Gasteiger partial charge in [-0.2, -0.15) is 0 Å². The van der Waals surface area contributed by atoms with Crippen LogP contribution in [0.25, 0.3) is 0 Å². The smallest absolute Gasteiger partial charge is 0.143 e. The van der Waals surface area contributed by atoms with Crippen LogP contribution in [0.1, 0.15) is 26.7 Å². The Kier molecular flexibility index (Phi) is 5.48. The summed E-state index contributed by atoms with van der Waals surface area (Å²) < 4.78 is 0. The molecule has 0 saturated carbocycles. The molecule has 1 aromatic rings. The van der Waals surface area contributed by atoms with Gasteiger partial charge in [-0.3, -0.25) is 4.79 Å². The Hall–Kier alpha value is -0.760. The van der Waals surface area contributed by atoms with Crippen LogP contribution in [0.2, 0.25) is 0 Å². The maximum absolute atomic E-state index is 11.5. The summed E-state index contributed by atoms with van der Waals surface area (Å²) in [5.41, 5.74) is 0. The van der Waals surface area contributed by atoms with Gasteiger partial charge in [0.1, 0.15) is 5.78 Å². The number of thioether (sulfide) groups is 1. The molecule has 0 aromatic heterocycles. The van der Waals surface area contributed by atoms with Crippen LogP contribution in [0, 0.1) is 5.92 Å². The summed E-state index contributed by atoms with van der Waals surface area (Å²) in [6.07, 6.45) is 1.73. The zero-order valence-corrected chi connectivity index (χ0v) is 10.2. The van der Waals surface area contributed by atoms with Gasteiger partial charge in [0, 0.05) is 11.3 Å². The van der Waals surface area contributed by atoms with Crippen molar-refractivity contribution >= 4 is 17.5 Å². The van der Waals surface area contributed by atoms with Crippen LogP contribution in [0.15, 0.2) is 35.2 Å². The summed E-state index contributed by atoms with van der Waals surface area (Å²) in [4.78, 5) is 12.7. The van der Waals surface area contributed by atoms with E-state index in [4.69, 9.17) is 0 Å². The van der Waals surface area contributed by atoms with Crippen molar-refractivity contribution in [2.45, 2.75) is 31.6 Å². The van der Waals surface area contributed by atoms with Crippen molar-refractivity contribution in [1.29, 1.82) is 0 Å². The highest BCUT2D eigenvalue weighted by atomic mass is 32.2. The molecular weight excluding hydrogens is 204 g/mol. The Morgan fingerprint density at radius 2 is 1.93 bits per heavy atom. The summed E-state index contributed by atoms with van der Waals surface area (Å²) in [5.74, 6) is 1.59. The lowest BCUT2D eigenvalue weighted by Crippen LogP contribution is -2.03. The Balaban J connectivity index is 2.23. The molecule has 0 aliphatic rings. The van der Waals surface area contributed by atoms with Crippen molar-refractivity contribution in [3.8, 4) is 0 Å². The van der Waals surface area contributed by atoms with Gasteiger partial charge in [-0.25, -0.2) is 0 Å². The molecule has 82 valence electrons. The normalized spacial score (nSPS) is 10.6. The van der Waals surface area contributed by atoms with E-state index >= 15 is 0 Å². The molecule has 0 bridgehead atoms. The van der Waals surface area contributed by atoms with E-state index < -0.39 is 0 Å². The maximum atomic E-state index is 11.5. The van der Waals surface area contributed by atoms with E-state index in [-0.39, 0.29) is 0 Å². The Morgan fingerprint density at radius 3 is 2.53 bits per heavy atom. The molecule has 0 saturated heterocycles. The van der Waals surface area contributed by atoms with Gasteiger partial charge in [0.05, 0.1) is 5.75 Å². The summed E-state index contributed by atoms with van der Waals surface area (Å²) in [6.45, 7) is 4.30. The summed E-state index contributed by atoms with van der Waals surface area (Å²) in [7, 11) is 0. The highest BCUT2D eigenvalue weighted by molar-refractivity contribution is 8.00. The minimum absolute atomic E-state index is 0.359. The van der Waals surface area contributed by atoms with E-state index in [2.05, 4.69) is 13.8 Å². The zero-order valence-electron chi connectivity index (χ0n) is 9.40. The summed E-state index contributed by atoms with van der Waals surface area (Å²) in [5, 5.41) is 0. The lowest BCUT2D eigenvalue weighted by molar-refractivity contribution is -0.116. The van der Waals surface area contributed by atoms with Crippen LogP contribution in [0.3, 0.4) is 0 Å². The molecule has 0 N–H and O–H groups in total. The molecule has 1 rings (SSSR count). The minimum atomic E-state index is 0.359. The number of hydrogen-bond acceptors (Lipinski definition) is 2. The first-order valence-electron chi connectivity index (χ1n) is 5.38. The lowest BCUT2D eigenvalue weighted by Gasteiger charge is -2.03. The highest BCUT2D eigenvalue weighted by Crippen LogP contribution is 2.18. The first kappa shape index (κ1) is 12.3. The molecule has 1 nitrogen and oxygen atoms in total. The molecule has 15 heavy (non-hydrogen) atoms. The monoisotopic (exact) mass is 222 g/mol. The molecule has 0 spiro atoms. The van der Waals surface area contributed by atoms with Crippen molar-refractivity contribution in [1.82, 2.24) is 0 Å². The predicted octanol–water partition coefficient (Wildman–Crippen LogP) is 3.78. The quantitative estimate of drug-likeness (QED) is 0.681. The first-order chi connectivity index (χ1) is 7.18. The number of benzene rings is 1. The van der Waals surface area contributed by atoms with Gasteiger partial charge >= 0.3 is 0 Å². The van der Waals surface area contributed by atoms with Gasteiger partial charge < -0.3 is 0 Å². The number of rotatable bonds is 6. The Morgan fingerprint density at radius 1 is 1.27 bits per heavy atom. The third-order valence-corrected chi connectivity index (χ3v) is 3.22. The third-order valence-electron chi connectivity index (χ3n) is 2.14.